The first-order valence-corrected chi connectivity index (χ1v) is 17.3. The quantitative estimate of drug-likeness (QED) is 0.0975. The van der Waals surface area contributed by atoms with E-state index in [4.69, 9.17) is 10.2 Å². The van der Waals surface area contributed by atoms with Gasteiger partial charge in [-0.15, -0.1) is 0 Å². The lowest BCUT2D eigenvalue weighted by molar-refractivity contribution is -0.134. The van der Waals surface area contributed by atoms with Gasteiger partial charge in [0.15, 0.2) is 17.3 Å². The monoisotopic (exact) mass is 667 g/mol. The van der Waals surface area contributed by atoms with Crippen LogP contribution in [0.15, 0.2) is 89.3 Å². The largest absolute Gasteiger partial charge is 0.441 e. The number of hydrogen-bond acceptors (Lipinski definition) is 7. The van der Waals surface area contributed by atoms with Crippen molar-refractivity contribution in [3.05, 3.63) is 102 Å². The third-order valence-corrected chi connectivity index (χ3v) is 8.92. The van der Waals surface area contributed by atoms with Crippen molar-refractivity contribution in [3.63, 3.8) is 0 Å². The lowest BCUT2D eigenvalue weighted by Gasteiger charge is -2.28. The fraction of sp³-hybridized carbons (Fsp3) is 0.410. The van der Waals surface area contributed by atoms with Crippen molar-refractivity contribution >= 4 is 34.6 Å². The molecule has 0 aliphatic rings. The Bertz CT molecular complexity index is 1590. The Morgan fingerprint density at radius 2 is 1.43 bits per heavy atom. The lowest BCUT2D eigenvalue weighted by Crippen LogP contribution is -2.54. The molecule has 4 rings (SSSR count). The highest BCUT2D eigenvalue weighted by Crippen LogP contribution is 2.25. The Balaban J connectivity index is 1.54. The summed E-state index contributed by atoms with van der Waals surface area (Å²) in [6.07, 6.45) is 2.62. The molecule has 4 aromatic rings. The lowest BCUT2D eigenvalue weighted by atomic mass is 9.87. The molecule has 0 aliphatic heterocycles. The number of rotatable bonds is 19. The van der Waals surface area contributed by atoms with E-state index in [9.17, 15) is 19.2 Å². The first kappa shape index (κ1) is 37.0. The number of carbonyl (C=O) groups excluding carboxylic acids is 4. The van der Waals surface area contributed by atoms with Gasteiger partial charge in [0.1, 0.15) is 11.6 Å². The highest BCUT2D eigenvalue weighted by atomic mass is 16.3. The maximum Gasteiger partial charge on any atom is 0.243 e. The summed E-state index contributed by atoms with van der Waals surface area (Å²) in [7, 11) is 0. The van der Waals surface area contributed by atoms with Crippen molar-refractivity contribution < 1.29 is 23.6 Å². The number of amides is 3. The Morgan fingerprint density at radius 1 is 0.796 bits per heavy atom. The van der Waals surface area contributed by atoms with Crippen LogP contribution in [-0.2, 0) is 25.6 Å². The van der Waals surface area contributed by atoms with E-state index in [1.165, 1.54) is 0 Å². The predicted molar refractivity (Wildman–Crippen MR) is 190 cm³/mol. The number of unbranched alkanes of at least 4 members (excludes halogenated alkanes) is 1. The van der Waals surface area contributed by atoms with E-state index in [-0.39, 0.29) is 42.8 Å². The number of nitrogens with zero attached hydrogens (tertiary/aromatic N) is 1. The molecule has 1 heterocycles. The van der Waals surface area contributed by atoms with Gasteiger partial charge >= 0.3 is 0 Å². The van der Waals surface area contributed by atoms with E-state index < -0.39 is 30.0 Å². The molecule has 10 nitrogen and oxygen atoms in total. The fourth-order valence-electron chi connectivity index (χ4n) is 5.86. The third-order valence-electron chi connectivity index (χ3n) is 8.92. The number of ketones is 1. The van der Waals surface area contributed by atoms with Crippen molar-refractivity contribution in [2.24, 2.45) is 17.6 Å². The summed E-state index contributed by atoms with van der Waals surface area (Å²) in [5.41, 5.74) is 8.86. The van der Waals surface area contributed by atoms with Crippen molar-refractivity contribution in [2.75, 3.05) is 6.54 Å². The van der Waals surface area contributed by atoms with Crippen LogP contribution < -0.4 is 21.7 Å². The summed E-state index contributed by atoms with van der Waals surface area (Å²) in [6.45, 7) is 6.02. The topological polar surface area (TPSA) is 156 Å². The van der Waals surface area contributed by atoms with Gasteiger partial charge in [0.2, 0.25) is 17.7 Å². The fourth-order valence-corrected chi connectivity index (χ4v) is 5.86. The van der Waals surface area contributed by atoms with Gasteiger partial charge in [0.25, 0.3) is 0 Å². The summed E-state index contributed by atoms with van der Waals surface area (Å²) in [5, 5.41) is 8.91. The van der Waals surface area contributed by atoms with Crippen molar-refractivity contribution in [3.8, 4) is 0 Å². The molecular formula is C39H49N5O5. The molecule has 0 radical (unpaired) electrons. The molecule has 0 aliphatic carbocycles. The second-order valence-electron chi connectivity index (χ2n) is 12.5. The summed E-state index contributed by atoms with van der Waals surface area (Å²) < 4.78 is 5.84. The summed E-state index contributed by atoms with van der Waals surface area (Å²) in [5.74, 6) is -1.86. The molecule has 0 saturated heterocycles. The van der Waals surface area contributed by atoms with E-state index in [0.717, 1.165) is 17.5 Å². The number of para-hydroxylation sites is 2. The SMILES string of the molecule is CCC(=O)N[C@@H](Cc1nc2ccccc2o1)C(=O)N[C@H](C(=O)C[C@@H](CCCCN)C(=O)NC(c1ccccc1)c1ccccc1)[C@@H](C)CC. The second kappa shape index (κ2) is 18.6. The average molecular weight is 668 g/mol. The smallest absolute Gasteiger partial charge is 0.243 e. The van der Waals surface area contributed by atoms with Crippen molar-refractivity contribution in [1.29, 1.82) is 0 Å². The minimum Gasteiger partial charge on any atom is -0.441 e. The number of oxazole rings is 1. The van der Waals surface area contributed by atoms with Gasteiger partial charge in [-0.05, 0) is 48.6 Å². The third kappa shape index (κ3) is 10.6. The molecule has 4 atom stereocenters. The van der Waals surface area contributed by atoms with Crippen LogP contribution in [0.1, 0.15) is 82.4 Å². The average Bonchev–Trinajstić information content (AvgIpc) is 3.54. The van der Waals surface area contributed by atoms with Gasteiger partial charge in [-0.25, -0.2) is 4.98 Å². The van der Waals surface area contributed by atoms with E-state index in [1.807, 2.05) is 92.7 Å². The first-order valence-electron chi connectivity index (χ1n) is 17.3. The molecule has 0 bridgehead atoms. The Labute approximate surface area is 288 Å². The molecule has 3 aromatic carbocycles. The minimum absolute atomic E-state index is 0.0121. The molecule has 49 heavy (non-hydrogen) atoms. The zero-order valence-electron chi connectivity index (χ0n) is 28.7. The highest BCUT2D eigenvalue weighted by Gasteiger charge is 2.34. The number of fused-ring (bicyclic) bond motifs is 1. The van der Waals surface area contributed by atoms with E-state index >= 15 is 0 Å². The molecule has 0 fully saturated rings. The number of Topliss-reactive ketones (excluding diaryl/α,β-unsaturated/α-hetero) is 1. The van der Waals surface area contributed by atoms with Crippen LogP contribution >= 0.6 is 0 Å². The Hall–Kier alpha value is -4.83. The second-order valence-corrected chi connectivity index (χ2v) is 12.5. The van der Waals surface area contributed by atoms with Crippen LogP contribution in [-0.4, -0.2) is 47.1 Å². The number of benzene rings is 3. The zero-order chi connectivity index (χ0) is 35.2. The molecule has 1 aromatic heterocycles. The molecule has 0 unspecified atom stereocenters. The molecule has 0 spiro atoms. The van der Waals surface area contributed by atoms with Gasteiger partial charge in [-0.2, -0.15) is 0 Å². The van der Waals surface area contributed by atoms with Crippen LogP contribution in [0.2, 0.25) is 0 Å². The van der Waals surface area contributed by atoms with E-state index in [0.29, 0.717) is 42.8 Å². The van der Waals surface area contributed by atoms with E-state index in [1.54, 1.807) is 13.0 Å². The molecule has 3 amide bonds. The Morgan fingerprint density at radius 3 is 2.02 bits per heavy atom. The van der Waals surface area contributed by atoms with Gasteiger partial charge < -0.3 is 26.1 Å². The maximum absolute atomic E-state index is 14.1. The van der Waals surface area contributed by atoms with Gasteiger partial charge in [-0.1, -0.05) is 106 Å². The zero-order valence-corrected chi connectivity index (χ0v) is 28.7. The Kier molecular flexibility index (Phi) is 14.1. The number of hydrogen-bond donors (Lipinski definition) is 4. The van der Waals surface area contributed by atoms with Crippen LogP contribution in [0.25, 0.3) is 11.1 Å². The minimum atomic E-state index is -1.01. The molecule has 260 valence electrons. The highest BCUT2D eigenvalue weighted by molar-refractivity contribution is 5.95. The number of aromatic nitrogens is 1. The number of nitrogens with one attached hydrogen (secondary N) is 3. The van der Waals surface area contributed by atoms with Crippen LogP contribution in [0.4, 0.5) is 0 Å². The summed E-state index contributed by atoms with van der Waals surface area (Å²) >= 11 is 0. The molecule has 10 heteroatoms. The predicted octanol–water partition coefficient (Wildman–Crippen LogP) is 5.41. The van der Waals surface area contributed by atoms with Crippen molar-refractivity contribution in [2.45, 2.75) is 83.8 Å². The van der Waals surface area contributed by atoms with Gasteiger partial charge in [0, 0.05) is 18.8 Å². The molecule has 0 saturated carbocycles. The maximum atomic E-state index is 14.1. The van der Waals surface area contributed by atoms with Crippen LogP contribution in [0, 0.1) is 11.8 Å². The van der Waals surface area contributed by atoms with Gasteiger partial charge in [-0.3, -0.25) is 19.2 Å². The number of carbonyl (C=O) groups is 4. The van der Waals surface area contributed by atoms with Crippen LogP contribution in [0.3, 0.4) is 0 Å². The summed E-state index contributed by atoms with van der Waals surface area (Å²) in [4.78, 5) is 58.8. The number of nitrogens with two attached hydrogens (primary N) is 1. The van der Waals surface area contributed by atoms with Crippen molar-refractivity contribution in [1.82, 2.24) is 20.9 Å². The normalized spacial score (nSPS) is 13.7. The molecular weight excluding hydrogens is 618 g/mol. The first-order chi connectivity index (χ1) is 23.7. The summed E-state index contributed by atoms with van der Waals surface area (Å²) in [6, 6.07) is 24.4. The van der Waals surface area contributed by atoms with Crippen LogP contribution in [0.5, 0.6) is 0 Å². The van der Waals surface area contributed by atoms with E-state index in [2.05, 4.69) is 20.9 Å². The van der Waals surface area contributed by atoms with Gasteiger partial charge in [0.05, 0.1) is 18.5 Å². The molecule has 5 N–H and O–H groups in total. The standard InChI is InChI=1S/C39H49N5O5/c1-4-26(3)36(43-39(48)31(41-34(46)5-2)25-35-42-30-21-12-13-22-33(30)49-35)32(45)24-29(20-14-15-23-40)38(47)44-37(27-16-8-6-9-17-27)28-18-10-7-11-19-28/h6-13,16-19,21-22,26,29,31,36-37H,4-5,14-15,20,23-25,40H2,1-3H3,(H,41,46)(H,43,48)(H,44,47)/t26-,29+,31-,36-/m0/s1.